The van der Waals surface area contributed by atoms with Crippen molar-refractivity contribution in [2.45, 2.75) is 44.8 Å². The number of halogens is 4. The van der Waals surface area contributed by atoms with Crippen LogP contribution >= 0.6 is 11.6 Å². The van der Waals surface area contributed by atoms with Gasteiger partial charge in [0.1, 0.15) is 0 Å². The lowest BCUT2D eigenvalue weighted by Crippen LogP contribution is -2.59. The molecule has 0 spiro atoms. The fourth-order valence-corrected chi connectivity index (χ4v) is 5.73. The Morgan fingerprint density at radius 2 is 1.78 bits per heavy atom. The van der Waals surface area contributed by atoms with Crippen LogP contribution in [0.1, 0.15) is 36.5 Å². The first-order chi connectivity index (χ1) is 19.9. The number of hydrogen-bond acceptors (Lipinski definition) is 4. The molecule has 1 saturated heterocycles. The largest absolute Gasteiger partial charge is 0.488 e. The lowest BCUT2D eigenvalue weighted by Gasteiger charge is -2.40. The lowest BCUT2D eigenvalue weighted by atomic mass is 9.83. The lowest BCUT2D eigenvalue weighted by molar-refractivity contribution is -0.128. The third-order valence-electron chi connectivity index (χ3n) is 7.68. The van der Waals surface area contributed by atoms with E-state index in [2.05, 4.69) is 10.6 Å². The topological polar surface area (TPSA) is 53.6 Å². The third kappa shape index (κ3) is 6.61. The molecular weight excluding hydrogens is 551 g/mol. The van der Waals surface area contributed by atoms with Gasteiger partial charge in [-0.25, -0.2) is 8.78 Å². The Hall–Kier alpha value is -3.33. The van der Waals surface area contributed by atoms with E-state index in [1.54, 1.807) is 0 Å². The standard InChI is InChI=1S/C32H33ClF3N3O2/c1-2-39(19-22-7-3-4-8-25(22)33)32(40)29-24(16-23-17-37-18-28(29)38-23)21-11-9-20(10-12-21)6-5-15-41-31-27(35)14-13-26(34)30(31)36/h3-4,7-14,23,28,37-38H,2,5-6,15-19H2,1H3. The van der Waals surface area contributed by atoms with Gasteiger partial charge in [0.05, 0.1) is 12.6 Å². The maximum absolute atomic E-state index is 14.0. The molecule has 2 heterocycles. The summed E-state index contributed by atoms with van der Waals surface area (Å²) in [5.41, 5.74) is 4.77. The van der Waals surface area contributed by atoms with E-state index in [0.29, 0.717) is 37.5 Å². The highest BCUT2D eigenvalue weighted by atomic mass is 35.5. The highest BCUT2D eigenvalue weighted by Crippen LogP contribution is 2.33. The van der Waals surface area contributed by atoms with E-state index in [1.165, 1.54) is 0 Å². The van der Waals surface area contributed by atoms with E-state index in [1.807, 2.05) is 60.4 Å². The van der Waals surface area contributed by atoms with Gasteiger partial charge in [0.2, 0.25) is 5.82 Å². The first kappa shape index (κ1) is 29.2. The van der Waals surface area contributed by atoms with Crippen LogP contribution in [-0.2, 0) is 17.8 Å². The molecule has 9 heteroatoms. The third-order valence-corrected chi connectivity index (χ3v) is 8.05. The maximum Gasteiger partial charge on any atom is 0.252 e. The van der Waals surface area contributed by atoms with Crippen LogP contribution in [0.25, 0.3) is 5.57 Å². The molecule has 5 nitrogen and oxygen atoms in total. The Bertz CT molecular complexity index is 1430. The molecule has 2 bridgehead atoms. The van der Waals surface area contributed by atoms with Gasteiger partial charge < -0.3 is 20.3 Å². The minimum atomic E-state index is -1.32. The fraction of sp³-hybridized carbons (Fsp3) is 0.344. The van der Waals surface area contributed by atoms with Crippen molar-refractivity contribution < 1.29 is 22.7 Å². The fourth-order valence-electron chi connectivity index (χ4n) is 5.53. The number of nitrogens with zero attached hydrogens (tertiary/aromatic N) is 1. The number of fused-ring (bicyclic) bond motifs is 2. The maximum atomic E-state index is 14.0. The molecule has 0 radical (unpaired) electrons. The Kier molecular flexibility index (Phi) is 9.32. The van der Waals surface area contributed by atoms with Crippen molar-refractivity contribution in [2.24, 2.45) is 0 Å². The molecule has 0 aliphatic carbocycles. The highest BCUT2D eigenvalue weighted by molar-refractivity contribution is 6.31. The minimum Gasteiger partial charge on any atom is -0.488 e. The summed E-state index contributed by atoms with van der Waals surface area (Å²) in [4.78, 5) is 15.9. The molecule has 216 valence electrons. The quantitative estimate of drug-likeness (QED) is 0.230. The molecular formula is C32H33ClF3N3O2. The van der Waals surface area contributed by atoms with Gasteiger partial charge in [-0.05, 0) is 66.6 Å². The normalized spacial score (nSPS) is 18.4. The van der Waals surface area contributed by atoms with Gasteiger partial charge in [-0.2, -0.15) is 4.39 Å². The minimum absolute atomic E-state index is 0.000100. The van der Waals surface area contributed by atoms with Crippen LogP contribution in [-0.4, -0.2) is 49.1 Å². The van der Waals surface area contributed by atoms with E-state index in [-0.39, 0.29) is 24.6 Å². The summed E-state index contributed by atoms with van der Waals surface area (Å²) >= 11 is 6.41. The van der Waals surface area contributed by atoms with Crippen molar-refractivity contribution in [3.05, 3.63) is 105 Å². The molecule has 2 aliphatic heterocycles. The average Bonchev–Trinajstić information content (AvgIpc) is 2.98. The predicted octanol–water partition coefficient (Wildman–Crippen LogP) is 5.90. The molecule has 2 N–H and O–H groups in total. The molecule has 3 aromatic rings. The van der Waals surface area contributed by atoms with Crippen molar-refractivity contribution >= 4 is 23.1 Å². The van der Waals surface area contributed by atoms with Gasteiger partial charge in [0.25, 0.3) is 5.91 Å². The zero-order valence-electron chi connectivity index (χ0n) is 22.9. The number of benzene rings is 3. The molecule has 1 fully saturated rings. The van der Waals surface area contributed by atoms with Crippen LogP contribution in [0.4, 0.5) is 13.2 Å². The van der Waals surface area contributed by atoms with E-state index < -0.39 is 23.2 Å². The second-order valence-corrected chi connectivity index (χ2v) is 10.8. The molecule has 5 rings (SSSR count). The van der Waals surface area contributed by atoms with Crippen LogP contribution in [0.5, 0.6) is 5.75 Å². The number of likely N-dealkylation sites (N-methyl/N-ethyl adjacent to an activating group) is 1. The van der Waals surface area contributed by atoms with Crippen molar-refractivity contribution in [3.8, 4) is 5.75 Å². The zero-order valence-corrected chi connectivity index (χ0v) is 23.6. The van der Waals surface area contributed by atoms with Gasteiger partial charge in [0, 0.05) is 42.8 Å². The smallest absolute Gasteiger partial charge is 0.252 e. The zero-order chi connectivity index (χ0) is 28.9. The summed E-state index contributed by atoms with van der Waals surface area (Å²) in [7, 11) is 0. The molecule has 2 aliphatic rings. The van der Waals surface area contributed by atoms with Crippen LogP contribution in [0.15, 0.2) is 66.2 Å². The number of ether oxygens (including phenoxy) is 1. The van der Waals surface area contributed by atoms with Crippen molar-refractivity contribution in [2.75, 3.05) is 26.2 Å². The Balaban J connectivity index is 1.31. The molecule has 3 aromatic carbocycles. The average molecular weight is 584 g/mol. The number of hydrogen-bond donors (Lipinski definition) is 2. The Labute approximate surface area is 243 Å². The number of piperazine rings is 1. The number of carbonyl (C=O) groups excluding carboxylic acids is 1. The number of carbonyl (C=O) groups is 1. The first-order valence-corrected chi connectivity index (χ1v) is 14.3. The van der Waals surface area contributed by atoms with E-state index in [0.717, 1.165) is 52.9 Å². The molecule has 0 aromatic heterocycles. The monoisotopic (exact) mass is 583 g/mol. The van der Waals surface area contributed by atoms with Crippen LogP contribution in [0.2, 0.25) is 5.02 Å². The van der Waals surface area contributed by atoms with Gasteiger partial charge in [0.15, 0.2) is 17.4 Å². The van der Waals surface area contributed by atoms with Crippen molar-refractivity contribution in [3.63, 3.8) is 0 Å². The summed E-state index contributed by atoms with van der Waals surface area (Å²) in [6.45, 7) is 4.51. The second kappa shape index (κ2) is 13.1. The Morgan fingerprint density at radius 1 is 1.02 bits per heavy atom. The van der Waals surface area contributed by atoms with Gasteiger partial charge >= 0.3 is 0 Å². The number of aryl methyl sites for hydroxylation is 1. The van der Waals surface area contributed by atoms with Gasteiger partial charge in [-0.3, -0.25) is 4.79 Å². The summed E-state index contributed by atoms with van der Waals surface area (Å²) in [6.07, 6.45) is 1.84. The first-order valence-electron chi connectivity index (χ1n) is 13.9. The van der Waals surface area contributed by atoms with E-state index in [4.69, 9.17) is 16.3 Å². The van der Waals surface area contributed by atoms with Crippen LogP contribution in [0, 0.1) is 17.5 Å². The summed E-state index contributed by atoms with van der Waals surface area (Å²) < 4.78 is 46.2. The highest BCUT2D eigenvalue weighted by Gasteiger charge is 2.37. The summed E-state index contributed by atoms with van der Waals surface area (Å²) in [5.74, 6) is -4.08. The van der Waals surface area contributed by atoms with Gasteiger partial charge in [-0.15, -0.1) is 0 Å². The summed E-state index contributed by atoms with van der Waals surface area (Å²) in [5, 5.41) is 7.71. The number of rotatable bonds is 10. The molecule has 1 amide bonds. The predicted molar refractivity (Wildman–Crippen MR) is 154 cm³/mol. The summed E-state index contributed by atoms with van der Waals surface area (Å²) in [6, 6.07) is 17.4. The second-order valence-electron chi connectivity index (χ2n) is 10.4. The number of nitrogens with one attached hydrogen (secondary N) is 2. The SMILES string of the molecule is CCN(Cc1ccccc1Cl)C(=O)C1=C(c2ccc(CCCOc3c(F)ccc(F)c3F)cc2)CC2CNCC1N2. The van der Waals surface area contributed by atoms with Crippen molar-refractivity contribution in [1.29, 1.82) is 0 Å². The van der Waals surface area contributed by atoms with E-state index in [9.17, 15) is 18.0 Å². The molecule has 41 heavy (non-hydrogen) atoms. The van der Waals surface area contributed by atoms with Crippen LogP contribution in [0.3, 0.4) is 0 Å². The molecule has 0 saturated carbocycles. The van der Waals surface area contributed by atoms with E-state index >= 15 is 0 Å². The van der Waals surface area contributed by atoms with Crippen LogP contribution < -0.4 is 15.4 Å². The molecule has 2 atom stereocenters. The Morgan fingerprint density at radius 3 is 2.54 bits per heavy atom. The number of amides is 1. The molecule has 2 unspecified atom stereocenters. The van der Waals surface area contributed by atoms with Crippen molar-refractivity contribution in [1.82, 2.24) is 15.5 Å². The van der Waals surface area contributed by atoms with Gasteiger partial charge in [-0.1, -0.05) is 54.1 Å².